The third kappa shape index (κ3) is 20.5. The van der Waals surface area contributed by atoms with Gasteiger partial charge in [0.2, 0.25) is 23.6 Å². The maximum Gasteiger partial charge on any atom is 0.251 e. The second-order valence-corrected chi connectivity index (χ2v) is 25.4. The molecule has 30 atom stereocenters. The van der Waals surface area contributed by atoms with Gasteiger partial charge in [-0.2, -0.15) is 0 Å². The zero-order chi connectivity index (χ0) is 71.8. The van der Waals surface area contributed by atoms with Crippen molar-refractivity contribution in [2.75, 3.05) is 39.6 Å². The van der Waals surface area contributed by atoms with E-state index >= 15 is 0 Å². The van der Waals surface area contributed by atoms with E-state index < -0.39 is 246 Å². The first-order valence-corrected chi connectivity index (χ1v) is 33.2. The summed E-state index contributed by atoms with van der Waals surface area (Å²) >= 11 is 0. The van der Waals surface area contributed by atoms with Gasteiger partial charge >= 0.3 is 0 Å². The number of aliphatic hydroxyl groups excluding tert-OH is 13. The number of ether oxygens (including phenoxy) is 12. The molecule has 18 N–H and O–H groups in total. The Labute approximate surface area is 566 Å². The predicted octanol–water partition coefficient (Wildman–Crippen LogP) is -6.10. The molecule has 6 saturated heterocycles. The van der Waals surface area contributed by atoms with Crippen molar-refractivity contribution in [1.82, 2.24) is 26.6 Å². The van der Waals surface area contributed by atoms with Gasteiger partial charge in [0.1, 0.15) is 134 Å². The van der Waals surface area contributed by atoms with Crippen molar-refractivity contribution in [3.05, 3.63) is 42.0 Å². The lowest BCUT2D eigenvalue weighted by Crippen LogP contribution is -2.72. The predicted molar refractivity (Wildman–Crippen MR) is 332 cm³/mol. The summed E-state index contributed by atoms with van der Waals surface area (Å²) in [6, 6.07) is -2.40. The van der Waals surface area contributed by atoms with Crippen LogP contribution in [-0.2, 0) is 71.3 Å². The number of nitrogens with one attached hydrogen (secondary N) is 5. The van der Waals surface area contributed by atoms with Crippen LogP contribution in [0.15, 0.2) is 36.4 Å². The van der Waals surface area contributed by atoms with Crippen LogP contribution >= 0.6 is 0 Å². The maximum absolute atomic E-state index is 13.9. The SMILES string of the molecule is CCCCCC/C=C\CCCOc1cccc(C(=O)N[C@@H]2C(O[C@H]3C(O)C(NC(C)=O)C(OC4C(CO)O[C@@H](O[C@H]5C(O)C(NC(C)=O)C(OC6C(CO[C@@H]7OC(C)C(O)[C@H](C)[C@H]7O)OC(O)[C@@H](NC(C)=O)[C@H]6O)O[C@H]5CO)[C@@H](NC(C)=O)[C@H]4O)O[C@H]3CO)OC(CO)[C@@H](O)[C@@H]2O)c1. The Morgan fingerprint density at radius 2 is 0.888 bits per heavy atom. The molecule has 558 valence electrons. The van der Waals surface area contributed by atoms with E-state index in [1.165, 1.54) is 31.9 Å². The van der Waals surface area contributed by atoms with Crippen molar-refractivity contribution in [3.8, 4) is 5.75 Å². The fourth-order valence-corrected chi connectivity index (χ4v) is 12.7. The number of carbonyl (C=O) groups is 5. The van der Waals surface area contributed by atoms with Crippen LogP contribution in [0.5, 0.6) is 5.75 Å². The molecule has 15 unspecified atom stereocenters. The Bertz CT molecular complexity index is 2710. The standard InChI is InChI=1S/C63H101N5O30/c1-8-9-10-11-12-13-14-15-16-20-87-34-19-17-18-33(21-34)57(85)68-41-48(80)47(79)35(22-69)91-59(41)95-53-36(23-70)92-60(42(50(53)82)65-30(5)74)96-54-37(24-71)93-61(43(51(54)83)66-31(6)75)97-55-38(25-72)94-62(44(52(55)84)67-32(7)76)98-56-39(90-58(86)40(49(56)81)64-29(4)73)26-88-63-46(78)27(2)45(77)28(3)89-63/h13-14,17-19,21,27-28,35-56,58-63,69-72,77-84,86H,8-12,15-16,20,22-26H2,1-7H3,(H,64,73)(H,65,74)(H,66,75)(H,67,76)(H,68,85)/b14-13-/t27-,28?,35?,36-,37?,38-,39?,40-,41-,42?,43-,44?,45?,46+,47+,48+,49+,50?,51+,52?,53+,54?,55+,56?,58?,59?,60?,61-,62?,63+/m0/s1. The zero-order valence-electron chi connectivity index (χ0n) is 55.7. The maximum atomic E-state index is 13.9. The molecule has 6 aliphatic rings. The molecule has 0 bridgehead atoms. The second kappa shape index (κ2) is 37.9. The number of amides is 5. The van der Waals surface area contributed by atoms with E-state index in [0.717, 1.165) is 53.4 Å². The van der Waals surface area contributed by atoms with Crippen LogP contribution in [0, 0.1) is 5.92 Å². The van der Waals surface area contributed by atoms with E-state index in [0.29, 0.717) is 18.8 Å². The minimum atomic E-state index is -2.06. The fourth-order valence-electron chi connectivity index (χ4n) is 12.7. The minimum Gasteiger partial charge on any atom is -0.494 e. The number of allylic oxidation sites excluding steroid dienone is 2. The summed E-state index contributed by atoms with van der Waals surface area (Å²) in [5.74, 6) is -4.38. The molecule has 6 aliphatic heterocycles. The first-order chi connectivity index (χ1) is 46.7. The number of hydrogen-bond acceptors (Lipinski definition) is 30. The quantitative estimate of drug-likeness (QED) is 0.0243. The summed E-state index contributed by atoms with van der Waals surface area (Å²) < 4.78 is 72.5. The molecule has 1 aromatic rings. The van der Waals surface area contributed by atoms with Crippen molar-refractivity contribution in [2.24, 2.45) is 5.92 Å². The highest BCUT2D eigenvalue weighted by atomic mass is 16.8. The van der Waals surface area contributed by atoms with Gasteiger partial charge in [-0.1, -0.05) is 51.3 Å². The average molecular weight is 1410 g/mol. The van der Waals surface area contributed by atoms with Crippen LogP contribution in [0.2, 0.25) is 0 Å². The van der Waals surface area contributed by atoms with Crippen LogP contribution in [0.4, 0.5) is 0 Å². The molecule has 0 aromatic heterocycles. The van der Waals surface area contributed by atoms with Crippen LogP contribution in [0.3, 0.4) is 0 Å². The molecule has 35 heteroatoms. The van der Waals surface area contributed by atoms with E-state index in [-0.39, 0.29) is 5.56 Å². The first kappa shape index (κ1) is 80.5. The molecule has 6 heterocycles. The second-order valence-electron chi connectivity index (χ2n) is 25.4. The van der Waals surface area contributed by atoms with Gasteiger partial charge in [0.25, 0.3) is 5.91 Å². The summed E-state index contributed by atoms with van der Waals surface area (Å²) in [6.45, 7) is 5.23. The Hall–Kier alpha value is -4.85. The monoisotopic (exact) mass is 1410 g/mol. The first-order valence-electron chi connectivity index (χ1n) is 33.2. The summed E-state index contributed by atoms with van der Waals surface area (Å²) in [6.07, 6.45) is -29.9. The molecule has 0 saturated carbocycles. The molecule has 35 nitrogen and oxygen atoms in total. The third-order valence-corrected chi connectivity index (χ3v) is 18.0. The zero-order valence-corrected chi connectivity index (χ0v) is 55.7. The van der Waals surface area contributed by atoms with Gasteiger partial charge in [-0.25, -0.2) is 0 Å². The molecule has 5 amide bonds. The van der Waals surface area contributed by atoms with E-state index in [4.69, 9.17) is 56.8 Å². The van der Waals surface area contributed by atoms with Gasteiger partial charge in [0, 0.05) is 39.2 Å². The number of benzene rings is 1. The van der Waals surface area contributed by atoms with Crippen LogP contribution in [0.25, 0.3) is 0 Å². The van der Waals surface area contributed by atoms with Gasteiger partial charge in [0.15, 0.2) is 37.7 Å². The highest BCUT2D eigenvalue weighted by Crippen LogP contribution is 2.37. The lowest BCUT2D eigenvalue weighted by atomic mass is 9.91. The Balaban J connectivity index is 1.07. The highest BCUT2D eigenvalue weighted by Gasteiger charge is 2.58. The Morgan fingerprint density at radius 3 is 1.35 bits per heavy atom. The highest BCUT2D eigenvalue weighted by molar-refractivity contribution is 5.94. The van der Waals surface area contributed by atoms with Gasteiger partial charge in [0.05, 0.1) is 51.8 Å². The molecule has 1 aromatic carbocycles. The molecule has 0 aliphatic carbocycles. The largest absolute Gasteiger partial charge is 0.494 e. The lowest BCUT2D eigenvalue weighted by Gasteiger charge is -2.51. The van der Waals surface area contributed by atoms with Gasteiger partial charge in [-0.15, -0.1) is 0 Å². The van der Waals surface area contributed by atoms with E-state index in [2.05, 4.69) is 45.7 Å². The van der Waals surface area contributed by atoms with Crippen molar-refractivity contribution in [1.29, 1.82) is 0 Å². The topological polar surface area (TPSA) is 519 Å². The number of carbonyl (C=O) groups excluding carboxylic acids is 5. The number of hydrogen-bond donors (Lipinski definition) is 18. The average Bonchev–Trinajstić information content (AvgIpc) is 0.772. The molecule has 0 radical (unpaired) electrons. The van der Waals surface area contributed by atoms with Crippen molar-refractivity contribution in [3.63, 3.8) is 0 Å². The van der Waals surface area contributed by atoms with E-state index in [1.807, 2.05) is 0 Å². The van der Waals surface area contributed by atoms with Gasteiger partial charge in [-0.05, 0) is 50.8 Å². The third-order valence-electron chi connectivity index (χ3n) is 18.0. The van der Waals surface area contributed by atoms with E-state index in [1.54, 1.807) is 19.1 Å². The fraction of sp³-hybridized carbons (Fsp3) is 0.794. The summed E-state index contributed by atoms with van der Waals surface area (Å²) in [5, 5.41) is 159. The lowest BCUT2D eigenvalue weighted by molar-refractivity contribution is -0.368. The normalized spacial score (nSPS) is 39.9. The molecule has 98 heavy (non-hydrogen) atoms. The van der Waals surface area contributed by atoms with Gasteiger partial charge < -0.3 is 150 Å². The van der Waals surface area contributed by atoms with Crippen molar-refractivity contribution in [2.45, 2.75) is 271 Å². The van der Waals surface area contributed by atoms with Crippen molar-refractivity contribution >= 4 is 29.5 Å². The van der Waals surface area contributed by atoms with Crippen LogP contribution in [-0.4, -0.2) is 313 Å². The summed E-state index contributed by atoms with van der Waals surface area (Å²) in [4.78, 5) is 65.1. The number of unbranched alkanes of at least 4 members (excludes halogenated alkanes) is 5. The molecule has 0 spiro atoms. The van der Waals surface area contributed by atoms with Crippen LogP contribution in [0.1, 0.15) is 104 Å². The molecular formula is C63H101N5O30. The van der Waals surface area contributed by atoms with E-state index in [9.17, 15) is 90.4 Å². The van der Waals surface area contributed by atoms with Gasteiger partial charge in [-0.3, -0.25) is 24.0 Å². The minimum absolute atomic E-state index is 0.0501. The Morgan fingerprint density at radius 1 is 0.459 bits per heavy atom. The number of rotatable bonds is 31. The van der Waals surface area contributed by atoms with Crippen molar-refractivity contribution < 1.29 is 147 Å². The summed E-state index contributed by atoms with van der Waals surface area (Å²) in [5.41, 5.74) is 0.0501. The molecule has 7 rings (SSSR count). The summed E-state index contributed by atoms with van der Waals surface area (Å²) in [7, 11) is 0. The smallest absolute Gasteiger partial charge is 0.251 e. The molecule has 6 fully saturated rings. The van der Waals surface area contributed by atoms with Crippen LogP contribution < -0.4 is 31.3 Å². The molecular weight excluding hydrogens is 1310 g/mol. The number of aliphatic hydroxyl groups is 13. The Kier molecular flexibility index (Phi) is 31.1.